The highest BCUT2D eigenvalue weighted by molar-refractivity contribution is 5.88. The molecule has 1 aliphatic heterocycles. The lowest BCUT2D eigenvalue weighted by Gasteiger charge is -2.31. The SMILES string of the molecule is CCOC(=O)[C@H](CNCc1cnn(CCc2ccc3c(n2)N(C(=O)OC(C)(C)C)CCC3)c1)NC(=O)OCc1ccccc1. The number of hydrogen-bond donors (Lipinski definition) is 2. The van der Waals surface area contributed by atoms with Gasteiger partial charge in [0.1, 0.15) is 24.1 Å². The van der Waals surface area contributed by atoms with E-state index in [0.29, 0.717) is 31.9 Å². The van der Waals surface area contributed by atoms with E-state index in [1.54, 1.807) is 18.0 Å². The van der Waals surface area contributed by atoms with E-state index >= 15 is 0 Å². The molecule has 1 atom stereocenters. The van der Waals surface area contributed by atoms with Crippen molar-refractivity contribution in [1.82, 2.24) is 25.4 Å². The van der Waals surface area contributed by atoms with Gasteiger partial charge < -0.3 is 24.8 Å². The molecule has 0 saturated carbocycles. The predicted molar refractivity (Wildman–Crippen MR) is 164 cm³/mol. The Kier molecular flexibility index (Phi) is 11.3. The smallest absolute Gasteiger partial charge is 0.416 e. The number of fused-ring (bicyclic) bond motifs is 1. The van der Waals surface area contributed by atoms with Crippen molar-refractivity contribution in [2.24, 2.45) is 0 Å². The van der Waals surface area contributed by atoms with Crippen LogP contribution in [0.3, 0.4) is 0 Å². The van der Waals surface area contributed by atoms with Crippen molar-refractivity contribution in [3.63, 3.8) is 0 Å². The molecular weight excluding hydrogens is 564 g/mol. The number of benzene rings is 1. The van der Waals surface area contributed by atoms with Crippen molar-refractivity contribution in [3.8, 4) is 0 Å². The molecule has 0 fully saturated rings. The van der Waals surface area contributed by atoms with Crippen molar-refractivity contribution in [1.29, 1.82) is 0 Å². The van der Waals surface area contributed by atoms with E-state index in [4.69, 9.17) is 19.2 Å². The highest BCUT2D eigenvalue weighted by Crippen LogP contribution is 2.27. The topological polar surface area (TPSA) is 137 Å². The van der Waals surface area contributed by atoms with Crippen LogP contribution in [0.1, 0.15) is 56.5 Å². The van der Waals surface area contributed by atoms with E-state index in [0.717, 1.165) is 35.2 Å². The molecule has 1 aliphatic rings. The maximum absolute atomic E-state index is 12.8. The zero-order chi connectivity index (χ0) is 31.5. The standard InChI is InChI=1S/C32H42N6O6/c1-5-42-29(39)27(36-30(40)43-22-23-10-7-6-8-11-23)20-33-18-24-19-34-37(21-24)17-15-26-14-13-25-12-9-16-38(28(25)35-26)31(41)44-32(2,3)4/h6-8,10-11,13-14,19,21,27,33H,5,9,12,15-18,20,22H2,1-4H3,(H,36,40)/t27-/m0/s1. The summed E-state index contributed by atoms with van der Waals surface area (Å²) < 4.78 is 17.8. The number of carbonyl (C=O) groups is 3. The number of anilines is 1. The van der Waals surface area contributed by atoms with Gasteiger partial charge in [-0.15, -0.1) is 0 Å². The number of pyridine rings is 1. The minimum absolute atomic E-state index is 0.0950. The van der Waals surface area contributed by atoms with Gasteiger partial charge in [0.2, 0.25) is 0 Å². The summed E-state index contributed by atoms with van der Waals surface area (Å²) in [6.07, 6.45) is 4.95. The van der Waals surface area contributed by atoms with Crippen molar-refractivity contribution in [3.05, 3.63) is 77.2 Å². The van der Waals surface area contributed by atoms with Gasteiger partial charge in [0, 0.05) is 50.1 Å². The summed E-state index contributed by atoms with van der Waals surface area (Å²) in [5.74, 6) is 0.122. The lowest BCUT2D eigenvalue weighted by Crippen LogP contribution is -2.48. The van der Waals surface area contributed by atoms with Gasteiger partial charge in [0.25, 0.3) is 0 Å². The molecule has 12 nitrogen and oxygen atoms in total. The first-order valence-corrected chi connectivity index (χ1v) is 15.0. The molecule has 0 bridgehead atoms. The van der Waals surface area contributed by atoms with Crippen LogP contribution >= 0.6 is 0 Å². The molecule has 2 aromatic heterocycles. The summed E-state index contributed by atoms with van der Waals surface area (Å²) in [6.45, 7) is 9.32. The monoisotopic (exact) mass is 606 g/mol. The molecule has 12 heteroatoms. The minimum atomic E-state index is -0.913. The van der Waals surface area contributed by atoms with Crippen molar-refractivity contribution >= 4 is 24.0 Å². The molecule has 44 heavy (non-hydrogen) atoms. The average molecular weight is 607 g/mol. The first-order valence-electron chi connectivity index (χ1n) is 15.0. The van der Waals surface area contributed by atoms with E-state index in [9.17, 15) is 14.4 Å². The van der Waals surface area contributed by atoms with Crippen molar-refractivity contribution in [2.75, 3.05) is 24.6 Å². The normalized spacial score (nSPS) is 13.5. The second kappa shape index (κ2) is 15.3. The largest absolute Gasteiger partial charge is 0.464 e. The highest BCUT2D eigenvalue weighted by atomic mass is 16.6. The van der Waals surface area contributed by atoms with Crippen molar-refractivity contribution < 1.29 is 28.6 Å². The molecule has 2 amide bonds. The lowest BCUT2D eigenvalue weighted by atomic mass is 10.1. The molecule has 2 N–H and O–H groups in total. The molecule has 0 saturated heterocycles. The summed E-state index contributed by atoms with van der Waals surface area (Å²) in [6, 6.07) is 12.4. The molecule has 0 unspecified atom stereocenters. The summed E-state index contributed by atoms with van der Waals surface area (Å²) in [4.78, 5) is 44.0. The summed E-state index contributed by atoms with van der Waals surface area (Å²) in [5.41, 5.74) is 3.07. The van der Waals surface area contributed by atoms with Crippen molar-refractivity contribution in [2.45, 2.75) is 78.3 Å². The number of esters is 1. The van der Waals surface area contributed by atoms with Gasteiger partial charge >= 0.3 is 18.2 Å². The van der Waals surface area contributed by atoms with Gasteiger partial charge in [-0.3, -0.25) is 9.58 Å². The second-order valence-electron chi connectivity index (χ2n) is 11.5. The molecule has 236 valence electrons. The highest BCUT2D eigenvalue weighted by Gasteiger charge is 2.28. The number of carbonyl (C=O) groups excluding carboxylic acids is 3. The Morgan fingerprint density at radius 2 is 1.84 bits per heavy atom. The fourth-order valence-electron chi connectivity index (χ4n) is 4.67. The van der Waals surface area contributed by atoms with Crippen LogP contribution in [-0.4, -0.2) is 64.3 Å². The van der Waals surface area contributed by atoms with Gasteiger partial charge in [-0.2, -0.15) is 5.10 Å². The lowest BCUT2D eigenvalue weighted by molar-refractivity contribution is -0.145. The van der Waals surface area contributed by atoms with Crippen LogP contribution in [0.25, 0.3) is 0 Å². The van der Waals surface area contributed by atoms with Crippen LogP contribution in [0.5, 0.6) is 0 Å². The number of aryl methyl sites for hydroxylation is 3. The zero-order valence-electron chi connectivity index (χ0n) is 25.9. The van der Waals surface area contributed by atoms with Gasteiger partial charge in [0.15, 0.2) is 0 Å². The summed E-state index contributed by atoms with van der Waals surface area (Å²) >= 11 is 0. The molecule has 1 aromatic carbocycles. The van der Waals surface area contributed by atoms with E-state index in [-0.39, 0.29) is 25.9 Å². The van der Waals surface area contributed by atoms with Crippen LogP contribution in [0.4, 0.5) is 15.4 Å². The van der Waals surface area contributed by atoms with E-state index in [1.807, 2.05) is 74.1 Å². The van der Waals surface area contributed by atoms with Gasteiger partial charge in [0.05, 0.1) is 12.8 Å². The van der Waals surface area contributed by atoms with E-state index in [2.05, 4.69) is 15.7 Å². The number of aromatic nitrogens is 3. The number of amides is 2. The molecule has 0 aliphatic carbocycles. The van der Waals surface area contributed by atoms with Gasteiger partial charge in [-0.1, -0.05) is 36.4 Å². The minimum Gasteiger partial charge on any atom is -0.464 e. The van der Waals surface area contributed by atoms with Crippen LogP contribution < -0.4 is 15.5 Å². The first kappa shape index (κ1) is 32.5. The number of nitrogens with one attached hydrogen (secondary N) is 2. The predicted octanol–water partition coefficient (Wildman–Crippen LogP) is 4.16. The third-order valence-corrected chi connectivity index (χ3v) is 6.75. The van der Waals surface area contributed by atoms with Crippen LogP contribution in [0, 0.1) is 0 Å². The molecule has 0 radical (unpaired) electrons. The maximum atomic E-state index is 12.8. The Balaban J connectivity index is 1.27. The van der Waals surface area contributed by atoms with E-state index in [1.165, 1.54) is 0 Å². The number of alkyl carbamates (subject to hydrolysis) is 1. The number of rotatable bonds is 12. The fraction of sp³-hybridized carbons (Fsp3) is 0.469. The summed E-state index contributed by atoms with van der Waals surface area (Å²) in [7, 11) is 0. The number of hydrogen-bond acceptors (Lipinski definition) is 9. The van der Waals surface area contributed by atoms with Crippen LogP contribution in [0.2, 0.25) is 0 Å². The molecule has 3 aromatic rings. The third-order valence-electron chi connectivity index (χ3n) is 6.75. The van der Waals surface area contributed by atoms with E-state index < -0.39 is 23.7 Å². The summed E-state index contributed by atoms with van der Waals surface area (Å²) in [5, 5.41) is 10.2. The number of ether oxygens (including phenoxy) is 3. The first-order chi connectivity index (χ1) is 21.1. The number of nitrogens with zero attached hydrogens (tertiary/aromatic N) is 4. The molecular formula is C32H42N6O6. The second-order valence-corrected chi connectivity index (χ2v) is 11.5. The quantitative estimate of drug-likeness (QED) is 0.230. The van der Waals surface area contributed by atoms with Gasteiger partial charge in [-0.25, -0.2) is 19.4 Å². The molecule has 3 heterocycles. The molecule has 4 rings (SSSR count). The maximum Gasteiger partial charge on any atom is 0.416 e. The fourth-order valence-corrected chi connectivity index (χ4v) is 4.67. The Morgan fingerprint density at radius 1 is 1.05 bits per heavy atom. The van der Waals surface area contributed by atoms with Crippen LogP contribution in [-0.2, 0) is 51.5 Å². The van der Waals surface area contributed by atoms with Crippen LogP contribution in [0.15, 0.2) is 54.9 Å². The third kappa shape index (κ3) is 9.80. The van der Waals surface area contributed by atoms with Gasteiger partial charge in [-0.05, 0) is 57.7 Å². The average Bonchev–Trinajstić information content (AvgIpc) is 3.45. The zero-order valence-corrected chi connectivity index (χ0v) is 25.9. The molecule has 0 spiro atoms. The Hall–Kier alpha value is -4.45. The Morgan fingerprint density at radius 3 is 2.59 bits per heavy atom. The Bertz CT molecular complexity index is 1400. The Labute approximate surface area is 258 Å².